The van der Waals surface area contributed by atoms with Crippen LogP contribution >= 0.6 is 11.3 Å². The molecule has 1 saturated heterocycles. The van der Waals surface area contributed by atoms with Crippen molar-refractivity contribution in [3.63, 3.8) is 0 Å². The maximum Gasteiger partial charge on any atom is 0.264 e. The Morgan fingerprint density at radius 3 is 2.45 bits per heavy atom. The minimum absolute atomic E-state index is 0.105. The summed E-state index contributed by atoms with van der Waals surface area (Å²) in [6.45, 7) is 6.86. The molecule has 1 aromatic carbocycles. The fourth-order valence-corrected chi connectivity index (χ4v) is 6.00. The highest BCUT2D eigenvalue weighted by Crippen LogP contribution is 2.24. The molecular formula is C22H29N3O4S2. The van der Waals surface area contributed by atoms with Crippen LogP contribution in [-0.2, 0) is 14.8 Å². The molecule has 0 spiro atoms. The molecule has 168 valence electrons. The molecule has 1 fully saturated rings. The van der Waals surface area contributed by atoms with Crippen LogP contribution < -0.4 is 5.32 Å². The van der Waals surface area contributed by atoms with Gasteiger partial charge in [0.15, 0.2) is 0 Å². The molecule has 0 radical (unpaired) electrons. The molecule has 1 aliphatic rings. The first-order valence-electron chi connectivity index (χ1n) is 10.5. The summed E-state index contributed by atoms with van der Waals surface area (Å²) < 4.78 is 26.7. The summed E-state index contributed by atoms with van der Waals surface area (Å²) in [5, 5.41) is 4.83. The molecule has 2 amide bonds. The van der Waals surface area contributed by atoms with E-state index >= 15 is 0 Å². The predicted molar refractivity (Wildman–Crippen MR) is 121 cm³/mol. The quantitative estimate of drug-likeness (QED) is 0.651. The van der Waals surface area contributed by atoms with Gasteiger partial charge >= 0.3 is 0 Å². The van der Waals surface area contributed by atoms with Crippen LogP contribution in [-0.4, -0.2) is 55.1 Å². The molecule has 31 heavy (non-hydrogen) atoms. The number of likely N-dealkylation sites (tertiary alicyclic amines) is 1. The van der Waals surface area contributed by atoms with Crippen LogP contribution in [0.2, 0.25) is 0 Å². The second-order valence-electron chi connectivity index (χ2n) is 7.52. The Kier molecular flexibility index (Phi) is 7.51. The summed E-state index contributed by atoms with van der Waals surface area (Å²) in [5.41, 5.74) is 0.806. The van der Waals surface area contributed by atoms with Crippen LogP contribution in [0.15, 0.2) is 46.7 Å². The van der Waals surface area contributed by atoms with Gasteiger partial charge < -0.3 is 10.2 Å². The number of amides is 2. The summed E-state index contributed by atoms with van der Waals surface area (Å²) in [6.07, 6.45) is 1.43. The molecule has 2 aromatic rings. The molecule has 2 atom stereocenters. The Morgan fingerprint density at radius 2 is 1.87 bits per heavy atom. The molecule has 9 heteroatoms. The third-order valence-electron chi connectivity index (χ3n) is 5.63. The Hall–Kier alpha value is -2.23. The maximum absolute atomic E-state index is 12.9. The molecule has 1 N–H and O–H groups in total. The lowest BCUT2D eigenvalue weighted by Gasteiger charge is -2.25. The summed E-state index contributed by atoms with van der Waals surface area (Å²) in [7, 11) is -3.52. The van der Waals surface area contributed by atoms with Crippen molar-refractivity contribution in [2.45, 2.75) is 50.6 Å². The fourth-order valence-electron chi connectivity index (χ4n) is 3.86. The van der Waals surface area contributed by atoms with Crippen LogP contribution in [0, 0.1) is 0 Å². The highest BCUT2D eigenvalue weighted by Gasteiger charge is 2.35. The SMILES string of the molecule is CCN(CC)S(=O)(=O)c1ccc([C@H](C)NC(=O)[C@H]2CCCN2C(=O)c2cccs2)cc1. The average molecular weight is 464 g/mol. The Bertz CT molecular complexity index is 1000. The third-order valence-corrected chi connectivity index (χ3v) is 8.55. The Morgan fingerprint density at radius 1 is 1.19 bits per heavy atom. The zero-order chi connectivity index (χ0) is 22.6. The highest BCUT2D eigenvalue weighted by molar-refractivity contribution is 7.89. The number of rotatable bonds is 8. The van der Waals surface area contributed by atoms with Gasteiger partial charge in [-0.25, -0.2) is 8.42 Å². The standard InChI is InChI=1S/C22H29N3O4S2/c1-4-24(5-2)31(28,29)18-12-10-17(11-13-18)16(3)23-21(26)19-8-6-14-25(19)22(27)20-9-7-15-30-20/h7,9-13,15-16,19H,4-6,8,14H2,1-3H3,(H,23,26)/t16-,19+/m0/s1. The van der Waals surface area contributed by atoms with Crippen molar-refractivity contribution in [3.05, 3.63) is 52.2 Å². The topological polar surface area (TPSA) is 86.8 Å². The van der Waals surface area contributed by atoms with Crippen LogP contribution in [0.3, 0.4) is 0 Å². The molecule has 2 heterocycles. The zero-order valence-electron chi connectivity index (χ0n) is 18.1. The van der Waals surface area contributed by atoms with E-state index in [1.54, 1.807) is 35.2 Å². The van der Waals surface area contributed by atoms with E-state index in [-0.39, 0.29) is 22.8 Å². The van der Waals surface area contributed by atoms with Crippen molar-refractivity contribution in [2.24, 2.45) is 0 Å². The van der Waals surface area contributed by atoms with E-state index in [1.807, 2.05) is 32.2 Å². The first-order chi connectivity index (χ1) is 14.8. The lowest BCUT2D eigenvalue weighted by atomic mass is 10.1. The van der Waals surface area contributed by atoms with E-state index in [0.717, 1.165) is 12.0 Å². The first kappa shape index (κ1) is 23.4. The predicted octanol–water partition coefficient (Wildman–Crippen LogP) is 3.26. The molecule has 0 aliphatic carbocycles. The van der Waals surface area contributed by atoms with E-state index < -0.39 is 16.1 Å². The van der Waals surface area contributed by atoms with Gasteiger partial charge in [0.05, 0.1) is 15.8 Å². The van der Waals surface area contributed by atoms with Gasteiger partial charge in [0.2, 0.25) is 15.9 Å². The first-order valence-corrected chi connectivity index (χ1v) is 12.9. The smallest absolute Gasteiger partial charge is 0.264 e. The number of carbonyl (C=O) groups is 2. The summed E-state index contributed by atoms with van der Waals surface area (Å²) in [6, 6.07) is 9.42. The maximum atomic E-state index is 12.9. The van der Waals surface area contributed by atoms with Gasteiger partial charge in [-0.15, -0.1) is 11.3 Å². The molecule has 7 nitrogen and oxygen atoms in total. The minimum Gasteiger partial charge on any atom is -0.348 e. The van der Waals surface area contributed by atoms with Crippen molar-refractivity contribution >= 4 is 33.2 Å². The third kappa shape index (κ3) is 4.99. The number of thiophene rings is 1. The van der Waals surface area contributed by atoms with Gasteiger partial charge in [0, 0.05) is 19.6 Å². The van der Waals surface area contributed by atoms with Gasteiger partial charge in [-0.1, -0.05) is 32.0 Å². The van der Waals surface area contributed by atoms with Crippen molar-refractivity contribution in [1.29, 1.82) is 0 Å². The Balaban J connectivity index is 1.67. The number of benzene rings is 1. The van der Waals surface area contributed by atoms with Crippen molar-refractivity contribution in [2.75, 3.05) is 19.6 Å². The Labute approximate surface area is 188 Å². The number of nitrogens with zero attached hydrogens (tertiary/aromatic N) is 2. The number of hydrogen-bond acceptors (Lipinski definition) is 5. The van der Waals surface area contributed by atoms with Gasteiger partial charge in [-0.3, -0.25) is 9.59 Å². The monoisotopic (exact) mass is 463 g/mol. The minimum atomic E-state index is -3.52. The molecule has 0 saturated carbocycles. The molecule has 0 bridgehead atoms. The van der Waals surface area contributed by atoms with Crippen molar-refractivity contribution in [1.82, 2.24) is 14.5 Å². The van der Waals surface area contributed by atoms with E-state index in [4.69, 9.17) is 0 Å². The fraction of sp³-hybridized carbons (Fsp3) is 0.455. The van der Waals surface area contributed by atoms with Crippen molar-refractivity contribution < 1.29 is 18.0 Å². The lowest BCUT2D eigenvalue weighted by Crippen LogP contribution is -2.46. The molecule has 3 rings (SSSR count). The van der Waals surface area contributed by atoms with Crippen LogP contribution in [0.4, 0.5) is 0 Å². The normalized spacial score (nSPS) is 17.7. The molecule has 1 aromatic heterocycles. The number of hydrogen-bond donors (Lipinski definition) is 1. The van der Waals surface area contributed by atoms with Gasteiger partial charge in [0.1, 0.15) is 6.04 Å². The largest absolute Gasteiger partial charge is 0.348 e. The second kappa shape index (κ2) is 9.93. The molecule has 1 aliphatic heterocycles. The van der Waals surface area contributed by atoms with Crippen LogP contribution in [0.25, 0.3) is 0 Å². The van der Waals surface area contributed by atoms with Gasteiger partial charge in [0.25, 0.3) is 5.91 Å². The lowest BCUT2D eigenvalue weighted by molar-refractivity contribution is -0.125. The summed E-state index contributed by atoms with van der Waals surface area (Å²) >= 11 is 1.38. The van der Waals surface area contributed by atoms with E-state index in [9.17, 15) is 18.0 Å². The average Bonchev–Trinajstić information content (AvgIpc) is 3.46. The second-order valence-corrected chi connectivity index (χ2v) is 10.4. The molecule has 0 unspecified atom stereocenters. The van der Waals surface area contributed by atoms with E-state index in [1.165, 1.54) is 15.6 Å². The summed E-state index contributed by atoms with van der Waals surface area (Å²) in [5.74, 6) is -0.291. The van der Waals surface area contributed by atoms with E-state index in [0.29, 0.717) is 30.9 Å². The zero-order valence-corrected chi connectivity index (χ0v) is 19.7. The van der Waals surface area contributed by atoms with Gasteiger partial charge in [-0.2, -0.15) is 4.31 Å². The summed E-state index contributed by atoms with van der Waals surface area (Å²) in [4.78, 5) is 28.1. The molecular weight excluding hydrogens is 434 g/mol. The highest BCUT2D eigenvalue weighted by atomic mass is 32.2. The van der Waals surface area contributed by atoms with Crippen LogP contribution in [0.1, 0.15) is 54.9 Å². The number of sulfonamides is 1. The number of carbonyl (C=O) groups excluding carboxylic acids is 2. The van der Waals surface area contributed by atoms with Gasteiger partial charge in [-0.05, 0) is 48.9 Å². The van der Waals surface area contributed by atoms with Crippen molar-refractivity contribution in [3.8, 4) is 0 Å². The number of nitrogens with one attached hydrogen (secondary N) is 1. The van der Waals surface area contributed by atoms with E-state index in [2.05, 4.69) is 5.32 Å². The van der Waals surface area contributed by atoms with Crippen LogP contribution in [0.5, 0.6) is 0 Å².